The number of carbonyl (C=O) groups excluding carboxylic acids is 3. The Labute approximate surface area is 209 Å². The average molecular weight is 521 g/mol. The molecule has 0 radical (unpaired) electrons. The summed E-state index contributed by atoms with van der Waals surface area (Å²) in [5.74, 6) is -2.09. The Bertz CT molecular complexity index is 1260. The summed E-state index contributed by atoms with van der Waals surface area (Å²) in [5, 5.41) is 7.17. The Morgan fingerprint density at radius 1 is 0.853 bits per heavy atom. The molecule has 0 aromatic heterocycles. The zero-order chi connectivity index (χ0) is 24.7. The van der Waals surface area contributed by atoms with Gasteiger partial charge >= 0.3 is 17.8 Å². The second-order valence-corrected chi connectivity index (χ2v) is 7.84. The minimum Gasteiger partial charge on any atom is -0.493 e. The Balaban J connectivity index is 1.60. The number of hydrazone groups is 1. The molecule has 0 bridgehead atoms. The van der Waals surface area contributed by atoms with Crippen molar-refractivity contribution in [1.29, 1.82) is 0 Å². The van der Waals surface area contributed by atoms with Crippen LogP contribution in [0.2, 0.25) is 15.1 Å². The second kappa shape index (κ2) is 11.5. The number of esters is 1. The second-order valence-electron chi connectivity index (χ2n) is 6.59. The highest BCUT2D eigenvalue weighted by molar-refractivity contribution is 6.43. The summed E-state index contributed by atoms with van der Waals surface area (Å²) in [7, 11) is 1.41. The van der Waals surface area contributed by atoms with Crippen molar-refractivity contribution >= 4 is 64.5 Å². The van der Waals surface area contributed by atoms with E-state index in [0.717, 1.165) is 0 Å². The van der Waals surface area contributed by atoms with Crippen LogP contribution in [0.3, 0.4) is 0 Å². The number of halogens is 3. The number of nitrogens with one attached hydrogen (secondary N) is 2. The van der Waals surface area contributed by atoms with Gasteiger partial charge in [0.05, 0.1) is 28.9 Å². The molecule has 0 heterocycles. The molecule has 11 heteroatoms. The molecule has 0 aliphatic rings. The van der Waals surface area contributed by atoms with Gasteiger partial charge in [-0.05, 0) is 66.2 Å². The highest BCUT2D eigenvalue weighted by Gasteiger charge is 2.15. The van der Waals surface area contributed by atoms with Crippen molar-refractivity contribution in [2.24, 2.45) is 5.10 Å². The number of rotatable bonds is 6. The fourth-order valence-corrected chi connectivity index (χ4v) is 3.00. The van der Waals surface area contributed by atoms with Crippen molar-refractivity contribution in [3.63, 3.8) is 0 Å². The van der Waals surface area contributed by atoms with Crippen LogP contribution < -0.4 is 20.2 Å². The molecule has 0 saturated heterocycles. The van der Waals surface area contributed by atoms with Gasteiger partial charge in [-0.3, -0.25) is 9.59 Å². The highest BCUT2D eigenvalue weighted by Crippen LogP contribution is 2.28. The predicted molar refractivity (Wildman–Crippen MR) is 130 cm³/mol. The van der Waals surface area contributed by atoms with Crippen molar-refractivity contribution in [3.05, 3.63) is 86.9 Å². The topological polar surface area (TPSA) is 106 Å². The van der Waals surface area contributed by atoms with Gasteiger partial charge < -0.3 is 14.8 Å². The van der Waals surface area contributed by atoms with Crippen LogP contribution in [0.1, 0.15) is 15.9 Å². The van der Waals surface area contributed by atoms with E-state index in [1.54, 1.807) is 30.3 Å². The summed E-state index contributed by atoms with van der Waals surface area (Å²) >= 11 is 17.5. The van der Waals surface area contributed by atoms with Crippen LogP contribution in [-0.2, 0) is 9.59 Å². The molecule has 3 aromatic rings. The van der Waals surface area contributed by atoms with Crippen LogP contribution in [0.25, 0.3) is 0 Å². The summed E-state index contributed by atoms with van der Waals surface area (Å²) in [4.78, 5) is 36.3. The van der Waals surface area contributed by atoms with Crippen LogP contribution in [0.5, 0.6) is 11.5 Å². The Morgan fingerprint density at radius 3 is 2.26 bits per heavy atom. The highest BCUT2D eigenvalue weighted by atomic mass is 35.5. The molecule has 2 N–H and O–H groups in total. The lowest BCUT2D eigenvalue weighted by Crippen LogP contribution is -2.32. The molecule has 0 aliphatic carbocycles. The fourth-order valence-electron chi connectivity index (χ4n) is 2.57. The molecular formula is C23H16Cl3N3O5. The van der Waals surface area contributed by atoms with Crippen LogP contribution in [0.4, 0.5) is 5.69 Å². The number of hydrogen-bond donors (Lipinski definition) is 2. The van der Waals surface area contributed by atoms with Crippen LogP contribution in [0, 0.1) is 0 Å². The standard InChI is InChI=1S/C23H16Cl3N3O5/c1-33-20-10-13(2-9-19(20)34-23(32)14-3-5-15(24)6-4-14)12-27-29-22(31)21(30)28-16-7-8-17(25)18(26)11-16/h2-12H,1H3,(H,28,30)(H,29,31)/b27-12-. The lowest BCUT2D eigenvalue weighted by molar-refractivity contribution is -0.136. The number of hydrogen-bond acceptors (Lipinski definition) is 6. The molecule has 0 saturated carbocycles. The molecule has 3 rings (SSSR count). The molecule has 0 atom stereocenters. The van der Waals surface area contributed by atoms with Gasteiger partial charge in [0.1, 0.15) is 0 Å². The zero-order valence-electron chi connectivity index (χ0n) is 17.5. The molecule has 2 amide bonds. The summed E-state index contributed by atoms with van der Waals surface area (Å²) < 4.78 is 10.6. The van der Waals surface area contributed by atoms with Gasteiger partial charge in [-0.15, -0.1) is 0 Å². The lowest BCUT2D eigenvalue weighted by atomic mass is 10.2. The molecule has 0 aliphatic heterocycles. The van der Waals surface area contributed by atoms with Gasteiger partial charge in [0.2, 0.25) is 0 Å². The molecule has 0 unspecified atom stereocenters. The Morgan fingerprint density at radius 2 is 1.59 bits per heavy atom. The van der Waals surface area contributed by atoms with Gasteiger partial charge in [-0.2, -0.15) is 5.10 Å². The van der Waals surface area contributed by atoms with E-state index < -0.39 is 17.8 Å². The van der Waals surface area contributed by atoms with Crippen molar-refractivity contribution in [2.45, 2.75) is 0 Å². The predicted octanol–water partition coefficient (Wildman–Crippen LogP) is 4.96. The summed E-state index contributed by atoms with van der Waals surface area (Å²) in [6.45, 7) is 0. The molecule has 8 nitrogen and oxygen atoms in total. The van der Waals surface area contributed by atoms with Gasteiger partial charge in [0, 0.05) is 10.7 Å². The van der Waals surface area contributed by atoms with Crippen molar-refractivity contribution < 1.29 is 23.9 Å². The first kappa shape index (κ1) is 25.0. The maximum Gasteiger partial charge on any atom is 0.343 e. The van der Waals surface area contributed by atoms with E-state index in [2.05, 4.69) is 15.8 Å². The summed E-state index contributed by atoms with van der Waals surface area (Å²) in [6, 6.07) is 15.3. The number of carbonyl (C=O) groups is 3. The van der Waals surface area contributed by atoms with Crippen LogP contribution >= 0.6 is 34.8 Å². The molecule has 34 heavy (non-hydrogen) atoms. The van der Waals surface area contributed by atoms with Crippen molar-refractivity contribution in [3.8, 4) is 11.5 Å². The smallest absolute Gasteiger partial charge is 0.343 e. The van der Waals surface area contributed by atoms with Crippen LogP contribution in [0.15, 0.2) is 65.8 Å². The van der Waals surface area contributed by atoms with E-state index >= 15 is 0 Å². The van der Waals surface area contributed by atoms with Crippen molar-refractivity contribution in [2.75, 3.05) is 12.4 Å². The summed E-state index contributed by atoms with van der Waals surface area (Å²) in [6.07, 6.45) is 1.29. The molecular weight excluding hydrogens is 505 g/mol. The van der Waals surface area contributed by atoms with Gasteiger partial charge in [-0.1, -0.05) is 34.8 Å². The third-order valence-electron chi connectivity index (χ3n) is 4.23. The minimum absolute atomic E-state index is 0.185. The molecule has 0 fully saturated rings. The maximum atomic E-state index is 12.3. The number of amides is 2. The molecule has 174 valence electrons. The van der Waals surface area contributed by atoms with E-state index in [4.69, 9.17) is 44.3 Å². The third kappa shape index (κ3) is 6.71. The minimum atomic E-state index is -0.997. The monoisotopic (exact) mass is 519 g/mol. The van der Waals surface area contributed by atoms with Crippen LogP contribution in [-0.4, -0.2) is 31.1 Å². The van der Waals surface area contributed by atoms with E-state index in [1.165, 1.54) is 43.7 Å². The summed E-state index contributed by atoms with van der Waals surface area (Å²) in [5.41, 5.74) is 3.23. The van der Waals surface area contributed by atoms with E-state index in [9.17, 15) is 14.4 Å². The number of benzene rings is 3. The normalized spacial score (nSPS) is 10.6. The van der Waals surface area contributed by atoms with E-state index in [-0.39, 0.29) is 16.5 Å². The van der Waals surface area contributed by atoms with Crippen molar-refractivity contribution in [1.82, 2.24) is 5.43 Å². The maximum absolute atomic E-state index is 12.3. The first-order valence-corrected chi connectivity index (χ1v) is 10.7. The van der Waals surface area contributed by atoms with Gasteiger partial charge in [0.25, 0.3) is 0 Å². The number of ether oxygens (including phenoxy) is 2. The first-order chi connectivity index (χ1) is 16.3. The third-order valence-corrected chi connectivity index (χ3v) is 5.22. The average Bonchev–Trinajstić information content (AvgIpc) is 2.82. The SMILES string of the molecule is COc1cc(/C=N\NC(=O)C(=O)Nc2ccc(Cl)c(Cl)c2)ccc1OC(=O)c1ccc(Cl)cc1. The Hall–Kier alpha value is -3.59. The fraction of sp³-hybridized carbons (Fsp3) is 0.0435. The Kier molecular flexibility index (Phi) is 8.48. The lowest BCUT2D eigenvalue weighted by Gasteiger charge is -2.10. The quantitative estimate of drug-likeness (QED) is 0.157. The number of methoxy groups -OCH3 is 1. The van der Waals surface area contributed by atoms with Gasteiger partial charge in [-0.25, -0.2) is 10.2 Å². The van der Waals surface area contributed by atoms with E-state index in [0.29, 0.717) is 26.9 Å². The molecule has 3 aromatic carbocycles. The first-order valence-electron chi connectivity index (χ1n) is 9.52. The van der Waals surface area contributed by atoms with Gasteiger partial charge in [0.15, 0.2) is 11.5 Å². The largest absolute Gasteiger partial charge is 0.493 e. The molecule has 0 spiro atoms. The van der Waals surface area contributed by atoms with E-state index in [1.807, 2.05) is 0 Å². The zero-order valence-corrected chi connectivity index (χ0v) is 19.7. The number of nitrogens with zero attached hydrogens (tertiary/aromatic N) is 1. The number of anilines is 1.